The van der Waals surface area contributed by atoms with E-state index in [-0.39, 0.29) is 17.8 Å². The first-order valence-corrected chi connectivity index (χ1v) is 7.90. The predicted molar refractivity (Wildman–Crippen MR) is 93.6 cm³/mol. The number of nitrogens with one attached hydrogen (secondary N) is 2. The number of nitrogens with zero attached hydrogens (tertiary/aromatic N) is 3. The topological polar surface area (TPSA) is 62.7 Å². The SMILES string of the molecule is CC(C)Nc1nc(Nc2c(F)ccc(F)c2F)cc(-c2cccnc2)n1. The molecule has 0 saturated carbocycles. The summed E-state index contributed by atoms with van der Waals surface area (Å²) in [4.78, 5) is 12.6. The maximum absolute atomic E-state index is 13.9. The second kappa shape index (κ2) is 7.38. The van der Waals surface area contributed by atoms with Crippen LogP contribution in [0.4, 0.5) is 30.6 Å². The molecule has 0 aliphatic heterocycles. The van der Waals surface area contributed by atoms with Gasteiger partial charge in [-0.15, -0.1) is 0 Å². The summed E-state index contributed by atoms with van der Waals surface area (Å²) in [7, 11) is 0. The van der Waals surface area contributed by atoms with Crippen molar-refractivity contribution in [3.8, 4) is 11.3 Å². The van der Waals surface area contributed by atoms with Crippen LogP contribution in [-0.4, -0.2) is 21.0 Å². The van der Waals surface area contributed by atoms with Gasteiger partial charge in [-0.05, 0) is 38.1 Å². The summed E-state index contributed by atoms with van der Waals surface area (Å²) < 4.78 is 41.3. The fourth-order valence-corrected chi connectivity index (χ4v) is 2.27. The van der Waals surface area contributed by atoms with Crippen molar-refractivity contribution in [1.29, 1.82) is 0 Å². The van der Waals surface area contributed by atoms with Crippen LogP contribution >= 0.6 is 0 Å². The van der Waals surface area contributed by atoms with Crippen molar-refractivity contribution in [2.24, 2.45) is 0 Å². The molecule has 134 valence electrons. The number of hydrogen-bond donors (Lipinski definition) is 2. The molecule has 5 nitrogen and oxygen atoms in total. The number of halogens is 3. The van der Waals surface area contributed by atoms with Gasteiger partial charge >= 0.3 is 0 Å². The Hall–Kier alpha value is -3.16. The molecule has 3 rings (SSSR count). The van der Waals surface area contributed by atoms with Crippen LogP contribution in [0.1, 0.15) is 13.8 Å². The zero-order valence-corrected chi connectivity index (χ0v) is 14.1. The van der Waals surface area contributed by atoms with Gasteiger partial charge in [-0.3, -0.25) is 4.98 Å². The predicted octanol–water partition coefficient (Wildman–Crippen LogP) is 4.52. The largest absolute Gasteiger partial charge is 0.352 e. The highest BCUT2D eigenvalue weighted by Crippen LogP contribution is 2.27. The van der Waals surface area contributed by atoms with E-state index in [0.29, 0.717) is 11.3 Å². The molecule has 0 saturated heterocycles. The van der Waals surface area contributed by atoms with Gasteiger partial charge in [-0.25, -0.2) is 18.2 Å². The summed E-state index contributed by atoms with van der Waals surface area (Å²) in [5.41, 5.74) is 0.581. The zero-order chi connectivity index (χ0) is 18.7. The molecule has 1 aromatic carbocycles. The molecule has 2 aromatic heterocycles. The highest BCUT2D eigenvalue weighted by atomic mass is 19.2. The van der Waals surface area contributed by atoms with Gasteiger partial charge in [-0.1, -0.05) is 0 Å². The first-order valence-electron chi connectivity index (χ1n) is 7.90. The lowest BCUT2D eigenvalue weighted by molar-refractivity contribution is 0.499. The molecule has 0 radical (unpaired) electrons. The van der Waals surface area contributed by atoms with Crippen molar-refractivity contribution >= 4 is 17.5 Å². The maximum atomic E-state index is 13.9. The Labute approximate surface area is 148 Å². The van der Waals surface area contributed by atoms with Crippen molar-refractivity contribution in [3.05, 3.63) is 60.2 Å². The molecule has 8 heteroatoms. The molecule has 0 amide bonds. The summed E-state index contributed by atoms with van der Waals surface area (Å²) in [6, 6.07) is 6.65. The molecule has 3 aromatic rings. The van der Waals surface area contributed by atoms with E-state index < -0.39 is 23.1 Å². The van der Waals surface area contributed by atoms with Crippen LogP contribution in [0.15, 0.2) is 42.7 Å². The molecule has 0 unspecified atom stereocenters. The van der Waals surface area contributed by atoms with Gasteiger partial charge in [0.2, 0.25) is 5.95 Å². The molecule has 0 spiro atoms. The molecule has 0 aliphatic rings. The van der Waals surface area contributed by atoms with E-state index in [1.807, 2.05) is 13.8 Å². The zero-order valence-electron chi connectivity index (χ0n) is 14.1. The van der Waals surface area contributed by atoms with E-state index >= 15 is 0 Å². The smallest absolute Gasteiger partial charge is 0.225 e. The fraction of sp³-hybridized carbons (Fsp3) is 0.167. The maximum Gasteiger partial charge on any atom is 0.225 e. The van der Waals surface area contributed by atoms with Crippen LogP contribution in [0.3, 0.4) is 0 Å². The second-order valence-corrected chi connectivity index (χ2v) is 5.85. The summed E-state index contributed by atoms with van der Waals surface area (Å²) >= 11 is 0. The van der Waals surface area contributed by atoms with Crippen LogP contribution in [0.25, 0.3) is 11.3 Å². The standard InChI is InChI=1S/C18H16F3N5/c1-10(2)23-18-24-14(11-4-3-7-22-9-11)8-15(26-18)25-17-13(20)6-5-12(19)16(17)21/h3-10H,1-2H3,(H2,23,24,25,26). The Kier molecular flexibility index (Phi) is 5.01. The molecule has 0 bridgehead atoms. The van der Waals surface area contributed by atoms with Crippen molar-refractivity contribution in [1.82, 2.24) is 15.0 Å². The molecule has 26 heavy (non-hydrogen) atoms. The third kappa shape index (κ3) is 3.90. The van der Waals surface area contributed by atoms with Crippen molar-refractivity contribution in [2.75, 3.05) is 10.6 Å². The Bertz CT molecular complexity index is 916. The highest BCUT2D eigenvalue weighted by Gasteiger charge is 2.16. The molecular weight excluding hydrogens is 343 g/mol. The van der Waals surface area contributed by atoms with Crippen LogP contribution in [0.5, 0.6) is 0 Å². The molecule has 0 atom stereocenters. The number of rotatable bonds is 5. The van der Waals surface area contributed by atoms with E-state index in [1.54, 1.807) is 24.5 Å². The molecular formula is C18H16F3N5. The summed E-state index contributed by atoms with van der Waals surface area (Å²) in [6.07, 6.45) is 3.23. The third-order valence-corrected chi connectivity index (χ3v) is 3.40. The van der Waals surface area contributed by atoms with Crippen molar-refractivity contribution in [3.63, 3.8) is 0 Å². The minimum Gasteiger partial charge on any atom is -0.352 e. The quantitative estimate of drug-likeness (QED) is 0.656. The molecule has 0 aliphatic carbocycles. The third-order valence-electron chi connectivity index (χ3n) is 3.40. The van der Waals surface area contributed by atoms with Gasteiger partial charge in [0.1, 0.15) is 17.3 Å². The Morgan fingerprint density at radius 2 is 1.77 bits per heavy atom. The normalized spacial score (nSPS) is 10.8. The average molecular weight is 359 g/mol. The minimum absolute atomic E-state index is 0.0367. The van der Waals surface area contributed by atoms with Crippen LogP contribution in [0, 0.1) is 17.5 Å². The number of aromatic nitrogens is 3. The lowest BCUT2D eigenvalue weighted by Crippen LogP contribution is -2.14. The lowest BCUT2D eigenvalue weighted by atomic mass is 10.2. The average Bonchev–Trinajstić information content (AvgIpc) is 2.62. The number of hydrogen-bond acceptors (Lipinski definition) is 5. The number of anilines is 3. The second-order valence-electron chi connectivity index (χ2n) is 5.85. The van der Waals surface area contributed by atoms with Gasteiger partial charge < -0.3 is 10.6 Å². The summed E-state index contributed by atoms with van der Waals surface area (Å²) in [5.74, 6) is -3.02. The monoisotopic (exact) mass is 359 g/mol. The van der Waals surface area contributed by atoms with E-state index in [1.165, 1.54) is 6.07 Å². The molecule has 2 N–H and O–H groups in total. The van der Waals surface area contributed by atoms with Gasteiger partial charge in [0, 0.05) is 30.1 Å². The van der Waals surface area contributed by atoms with Crippen LogP contribution in [-0.2, 0) is 0 Å². The van der Waals surface area contributed by atoms with Crippen molar-refractivity contribution in [2.45, 2.75) is 19.9 Å². The van der Waals surface area contributed by atoms with E-state index in [4.69, 9.17) is 0 Å². The number of benzene rings is 1. The van der Waals surface area contributed by atoms with E-state index in [2.05, 4.69) is 25.6 Å². The first kappa shape index (κ1) is 17.7. The number of pyridine rings is 1. The van der Waals surface area contributed by atoms with Crippen LogP contribution in [0.2, 0.25) is 0 Å². The minimum atomic E-state index is -1.31. The van der Waals surface area contributed by atoms with Crippen molar-refractivity contribution < 1.29 is 13.2 Å². The lowest BCUT2D eigenvalue weighted by Gasteiger charge is -2.14. The van der Waals surface area contributed by atoms with Crippen LogP contribution < -0.4 is 10.6 Å². The van der Waals surface area contributed by atoms with Gasteiger partial charge in [0.15, 0.2) is 11.6 Å². The highest BCUT2D eigenvalue weighted by molar-refractivity contribution is 5.67. The van der Waals surface area contributed by atoms with E-state index in [0.717, 1.165) is 12.1 Å². The Balaban J connectivity index is 2.05. The summed E-state index contributed by atoms with van der Waals surface area (Å²) in [5, 5.41) is 5.54. The van der Waals surface area contributed by atoms with Gasteiger partial charge in [-0.2, -0.15) is 4.98 Å². The Morgan fingerprint density at radius 3 is 2.46 bits per heavy atom. The Morgan fingerprint density at radius 1 is 1.00 bits per heavy atom. The molecule has 2 heterocycles. The van der Waals surface area contributed by atoms with Gasteiger partial charge in [0.25, 0.3) is 0 Å². The van der Waals surface area contributed by atoms with E-state index in [9.17, 15) is 13.2 Å². The first-order chi connectivity index (χ1) is 12.4. The van der Waals surface area contributed by atoms with Gasteiger partial charge in [0.05, 0.1) is 5.69 Å². The molecule has 0 fully saturated rings. The fourth-order valence-electron chi connectivity index (χ4n) is 2.27. The summed E-state index contributed by atoms with van der Waals surface area (Å²) in [6.45, 7) is 3.80.